The number of halogens is 3. The van der Waals surface area contributed by atoms with Crippen molar-refractivity contribution in [3.63, 3.8) is 0 Å². The summed E-state index contributed by atoms with van der Waals surface area (Å²) in [6.07, 6.45) is 6.41. The van der Waals surface area contributed by atoms with Crippen molar-refractivity contribution in [2.75, 3.05) is 0 Å². The Morgan fingerprint density at radius 1 is 0.966 bits per heavy atom. The predicted octanol–water partition coefficient (Wildman–Crippen LogP) is 7.66. The van der Waals surface area contributed by atoms with Crippen molar-refractivity contribution in [3.8, 4) is 5.75 Å². The summed E-state index contributed by atoms with van der Waals surface area (Å²) >= 11 is 18.2. The van der Waals surface area contributed by atoms with Crippen LogP contribution in [0.4, 0.5) is 0 Å². The molecule has 1 aliphatic carbocycles. The van der Waals surface area contributed by atoms with Crippen LogP contribution in [0.25, 0.3) is 0 Å². The van der Waals surface area contributed by atoms with Crippen LogP contribution in [0.5, 0.6) is 5.75 Å². The molecule has 0 N–H and O–H groups in total. The molecule has 3 nitrogen and oxygen atoms in total. The number of hydrogen-bond donors (Lipinski definition) is 0. The second-order valence-electron chi connectivity index (χ2n) is 7.53. The molecule has 0 radical (unpaired) electrons. The lowest BCUT2D eigenvalue weighted by Gasteiger charge is -2.27. The Morgan fingerprint density at radius 2 is 1.69 bits per heavy atom. The molecular weight excluding hydrogens is 431 g/mol. The van der Waals surface area contributed by atoms with E-state index >= 15 is 0 Å². The maximum absolute atomic E-state index is 12.9. The average Bonchev–Trinajstić information content (AvgIpc) is 2.70. The first kappa shape index (κ1) is 22.1. The van der Waals surface area contributed by atoms with Gasteiger partial charge in [-0.2, -0.15) is 0 Å². The molecule has 1 saturated carbocycles. The van der Waals surface area contributed by atoms with Gasteiger partial charge in [0.15, 0.2) is 5.78 Å². The largest absolute Gasteiger partial charge is 0.421 e. The fourth-order valence-electron chi connectivity index (χ4n) is 3.90. The van der Waals surface area contributed by atoms with Gasteiger partial charge in [-0.05, 0) is 68.0 Å². The average molecular weight is 454 g/mol. The number of Topliss-reactive ketones (excluding diaryl/α,β-unsaturated/α-hetero) is 1. The van der Waals surface area contributed by atoms with Crippen LogP contribution in [0.1, 0.15) is 66.2 Å². The maximum atomic E-state index is 12.9. The van der Waals surface area contributed by atoms with Crippen molar-refractivity contribution < 1.29 is 14.3 Å². The molecule has 0 amide bonds. The van der Waals surface area contributed by atoms with Gasteiger partial charge in [0.05, 0.1) is 15.6 Å². The van der Waals surface area contributed by atoms with Gasteiger partial charge in [0.2, 0.25) is 0 Å². The number of hydrogen-bond acceptors (Lipinski definition) is 3. The SMILES string of the molecule is CCC[C@H]1CC[C@H](C(=O)c2ccc(C(=O)Oc3ccc(Cl)cc3Cl)cc2Cl)CC1. The molecule has 1 fully saturated rings. The second kappa shape index (κ2) is 9.97. The van der Waals surface area contributed by atoms with Crippen molar-refractivity contribution in [1.29, 1.82) is 0 Å². The minimum Gasteiger partial charge on any atom is -0.421 e. The van der Waals surface area contributed by atoms with Gasteiger partial charge in [0.1, 0.15) is 5.75 Å². The Morgan fingerprint density at radius 3 is 2.31 bits per heavy atom. The van der Waals surface area contributed by atoms with Crippen LogP contribution in [0.15, 0.2) is 36.4 Å². The maximum Gasteiger partial charge on any atom is 0.343 e. The summed E-state index contributed by atoms with van der Waals surface area (Å²) in [7, 11) is 0. The van der Waals surface area contributed by atoms with Crippen molar-refractivity contribution >= 4 is 46.6 Å². The summed E-state index contributed by atoms with van der Waals surface area (Å²) in [4.78, 5) is 25.3. The standard InChI is InChI=1S/C23H23Cl3O3/c1-2-3-14-4-6-15(7-5-14)22(27)18-10-8-16(12-19(18)25)23(28)29-21-11-9-17(24)13-20(21)26/h8-15H,2-7H2,1H3/t14-,15-. The molecule has 6 heteroatoms. The van der Waals surface area contributed by atoms with Gasteiger partial charge in [-0.25, -0.2) is 4.79 Å². The van der Waals surface area contributed by atoms with Gasteiger partial charge in [0.25, 0.3) is 0 Å². The number of esters is 1. The Hall–Kier alpha value is -1.55. The Labute approximate surface area is 186 Å². The van der Waals surface area contributed by atoms with E-state index in [1.54, 1.807) is 18.2 Å². The lowest BCUT2D eigenvalue weighted by atomic mass is 9.77. The highest BCUT2D eigenvalue weighted by molar-refractivity contribution is 6.36. The molecular formula is C23H23Cl3O3. The lowest BCUT2D eigenvalue weighted by Crippen LogP contribution is -2.22. The molecule has 29 heavy (non-hydrogen) atoms. The van der Waals surface area contributed by atoms with Crippen molar-refractivity contribution in [2.45, 2.75) is 45.4 Å². The molecule has 154 valence electrons. The first-order valence-corrected chi connectivity index (χ1v) is 11.0. The number of ether oxygens (including phenoxy) is 1. The van der Waals surface area contributed by atoms with Crippen LogP contribution in [0, 0.1) is 11.8 Å². The van der Waals surface area contributed by atoms with Crippen LogP contribution in [0.2, 0.25) is 15.1 Å². The Balaban J connectivity index is 1.68. The summed E-state index contributed by atoms with van der Waals surface area (Å²) in [5, 5.41) is 0.953. The highest BCUT2D eigenvalue weighted by Gasteiger charge is 2.28. The number of rotatable bonds is 6. The van der Waals surface area contributed by atoms with Gasteiger partial charge < -0.3 is 4.74 Å². The van der Waals surface area contributed by atoms with Gasteiger partial charge in [-0.15, -0.1) is 0 Å². The summed E-state index contributed by atoms with van der Waals surface area (Å²) in [5.41, 5.74) is 0.718. The minimum absolute atomic E-state index is 0.00582. The van der Waals surface area contributed by atoms with E-state index in [0.717, 1.165) is 31.6 Å². The number of carbonyl (C=O) groups is 2. The fraction of sp³-hybridized carbons (Fsp3) is 0.391. The van der Waals surface area contributed by atoms with Crippen LogP contribution in [-0.2, 0) is 0 Å². The van der Waals surface area contributed by atoms with E-state index in [-0.39, 0.29) is 33.1 Å². The molecule has 2 aromatic carbocycles. The van der Waals surface area contributed by atoms with E-state index < -0.39 is 5.97 Å². The molecule has 0 aromatic heterocycles. The van der Waals surface area contributed by atoms with E-state index in [1.165, 1.54) is 31.0 Å². The highest BCUT2D eigenvalue weighted by Crippen LogP contribution is 2.35. The lowest BCUT2D eigenvalue weighted by molar-refractivity contribution is 0.0733. The molecule has 0 spiro atoms. The summed E-state index contributed by atoms with van der Waals surface area (Å²) in [5.74, 6) is 0.407. The van der Waals surface area contributed by atoms with Crippen LogP contribution < -0.4 is 4.74 Å². The predicted molar refractivity (Wildman–Crippen MR) is 118 cm³/mol. The third kappa shape index (κ3) is 5.53. The topological polar surface area (TPSA) is 43.4 Å². The third-order valence-corrected chi connectivity index (χ3v) is 6.32. The zero-order valence-electron chi connectivity index (χ0n) is 16.2. The third-order valence-electron chi connectivity index (χ3n) is 5.48. The van der Waals surface area contributed by atoms with Crippen LogP contribution >= 0.6 is 34.8 Å². The zero-order chi connectivity index (χ0) is 21.0. The first-order chi connectivity index (χ1) is 13.9. The number of benzene rings is 2. The summed E-state index contributed by atoms with van der Waals surface area (Å²) < 4.78 is 5.32. The van der Waals surface area contributed by atoms with E-state index in [1.807, 2.05) is 0 Å². The van der Waals surface area contributed by atoms with Crippen molar-refractivity contribution in [3.05, 3.63) is 62.6 Å². The fourth-order valence-corrected chi connectivity index (χ4v) is 4.62. The van der Waals surface area contributed by atoms with Gasteiger partial charge in [-0.1, -0.05) is 54.6 Å². The molecule has 1 aliphatic rings. The highest BCUT2D eigenvalue weighted by atomic mass is 35.5. The quantitative estimate of drug-likeness (QED) is 0.256. The molecule has 0 saturated heterocycles. The molecule has 0 bridgehead atoms. The van der Waals surface area contributed by atoms with Gasteiger partial charge >= 0.3 is 5.97 Å². The molecule has 0 atom stereocenters. The van der Waals surface area contributed by atoms with Crippen LogP contribution in [0.3, 0.4) is 0 Å². The number of ketones is 1. The van der Waals surface area contributed by atoms with Crippen LogP contribution in [-0.4, -0.2) is 11.8 Å². The smallest absolute Gasteiger partial charge is 0.343 e. The normalized spacial score (nSPS) is 19.0. The Bertz CT molecular complexity index is 902. The van der Waals surface area contributed by atoms with E-state index in [0.29, 0.717) is 10.6 Å². The van der Waals surface area contributed by atoms with Gasteiger partial charge in [0, 0.05) is 16.5 Å². The first-order valence-electron chi connectivity index (χ1n) is 9.90. The minimum atomic E-state index is -0.602. The van der Waals surface area contributed by atoms with E-state index in [2.05, 4.69) is 6.92 Å². The van der Waals surface area contributed by atoms with E-state index in [4.69, 9.17) is 39.5 Å². The zero-order valence-corrected chi connectivity index (χ0v) is 18.5. The molecule has 0 heterocycles. The molecule has 0 unspecified atom stereocenters. The molecule has 3 rings (SSSR count). The van der Waals surface area contributed by atoms with Crippen molar-refractivity contribution in [2.24, 2.45) is 11.8 Å². The molecule has 0 aliphatic heterocycles. The van der Waals surface area contributed by atoms with E-state index in [9.17, 15) is 9.59 Å². The molecule has 2 aromatic rings. The number of carbonyl (C=O) groups excluding carboxylic acids is 2. The summed E-state index contributed by atoms with van der Waals surface area (Å²) in [6, 6.07) is 9.26. The van der Waals surface area contributed by atoms with Gasteiger partial charge in [-0.3, -0.25) is 4.79 Å². The Kier molecular flexibility index (Phi) is 7.61. The monoisotopic (exact) mass is 452 g/mol. The summed E-state index contributed by atoms with van der Waals surface area (Å²) in [6.45, 7) is 2.20. The van der Waals surface area contributed by atoms with Crippen molar-refractivity contribution in [1.82, 2.24) is 0 Å². The second-order valence-corrected chi connectivity index (χ2v) is 8.78.